The Morgan fingerprint density at radius 3 is 2.20 bits per heavy atom. The van der Waals surface area contributed by atoms with Crippen LogP contribution in [0.25, 0.3) is 0 Å². The number of esters is 1. The minimum Gasteiger partial charge on any atom is -0.459 e. The molecule has 0 aliphatic heterocycles. The third-order valence-electron chi connectivity index (χ3n) is 2.17. The van der Waals surface area contributed by atoms with Gasteiger partial charge in [0.2, 0.25) is 0 Å². The molecule has 0 saturated heterocycles. The summed E-state index contributed by atoms with van der Waals surface area (Å²) in [5.74, 6) is -0.234. The maximum Gasteiger partial charge on any atom is 0.333 e. The Kier molecular flexibility index (Phi) is 7.69. The Bertz CT molecular complexity index is 213. The highest BCUT2D eigenvalue weighted by molar-refractivity contribution is 5.87. The van der Waals surface area contributed by atoms with E-state index in [1.807, 2.05) is 0 Å². The van der Waals surface area contributed by atoms with E-state index in [0.717, 1.165) is 12.8 Å². The fourth-order valence-corrected chi connectivity index (χ4v) is 1.43. The Labute approximate surface area is 93.0 Å². The van der Waals surface area contributed by atoms with Gasteiger partial charge in [0.05, 0.1) is 0 Å². The highest BCUT2D eigenvalue weighted by Crippen LogP contribution is 2.20. The third-order valence-corrected chi connectivity index (χ3v) is 2.17. The second-order valence-electron chi connectivity index (χ2n) is 3.73. The SMILES string of the molecule is C=C(C)C(=O)OC1CCCCC1.[CH2]C=C. The molecule has 1 radical (unpaired) electrons. The van der Waals surface area contributed by atoms with Gasteiger partial charge in [0.1, 0.15) is 6.10 Å². The number of hydrogen-bond donors (Lipinski definition) is 0. The minimum absolute atomic E-state index is 0.156. The van der Waals surface area contributed by atoms with E-state index in [1.54, 1.807) is 6.92 Å². The summed E-state index contributed by atoms with van der Waals surface area (Å²) in [4.78, 5) is 11.1. The van der Waals surface area contributed by atoms with E-state index in [4.69, 9.17) is 4.74 Å². The largest absolute Gasteiger partial charge is 0.459 e. The smallest absolute Gasteiger partial charge is 0.333 e. The summed E-state index contributed by atoms with van der Waals surface area (Å²) in [6.45, 7) is 11.7. The number of carbonyl (C=O) groups is 1. The summed E-state index contributed by atoms with van der Waals surface area (Å²) in [5, 5.41) is 0. The van der Waals surface area contributed by atoms with Crippen LogP contribution >= 0.6 is 0 Å². The molecule has 2 heteroatoms. The molecule has 0 bridgehead atoms. The lowest BCUT2D eigenvalue weighted by atomic mass is 9.98. The van der Waals surface area contributed by atoms with Gasteiger partial charge >= 0.3 is 5.97 Å². The molecule has 0 amide bonds. The van der Waals surface area contributed by atoms with E-state index < -0.39 is 0 Å². The molecule has 1 fully saturated rings. The van der Waals surface area contributed by atoms with Crippen LogP contribution in [0.2, 0.25) is 0 Å². The van der Waals surface area contributed by atoms with Crippen molar-refractivity contribution in [2.75, 3.05) is 0 Å². The number of hydrogen-bond acceptors (Lipinski definition) is 2. The topological polar surface area (TPSA) is 26.3 Å². The lowest BCUT2D eigenvalue weighted by molar-refractivity contribution is -0.145. The molecule has 0 unspecified atom stereocenters. The van der Waals surface area contributed by atoms with E-state index >= 15 is 0 Å². The number of rotatable bonds is 2. The van der Waals surface area contributed by atoms with Gasteiger partial charge in [-0.15, -0.1) is 6.58 Å². The molecule has 1 saturated carbocycles. The zero-order valence-corrected chi connectivity index (χ0v) is 9.63. The molecule has 2 nitrogen and oxygen atoms in total. The van der Waals surface area contributed by atoms with Gasteiger partial charge in [-0.25, -0.2) is 4.79 Å². The zero-order valence-electron chi connectivity index (χ0n) is 9.63. The summed E-state index contributed by atoms with van der Waals surface area (Å²) >= 11 is 0. The molecule has 0 atom stereocenters. The Hall–Kier alpha value is -1.05. The first-order valence-corrected chi connectivity index (χ1v) is 5.38. The molecule has 0 aromatic rings. The second kappa shape index (κ2) is 8.27. The molecule has 15 heavy (non-hydrogen) atoms. The average Bonchev–Trinajstić information content (AvgIpc) is 2.20. The first-order chi connectivity index (χ1) is 7.11. The van der Waals surface area contributed by atoms with Crippen molar-refractivity contribution in [2.24, 2.45) is 0 Å². The highest BCUT2D eigenvalue weighted by Gasteiger charge is 2.17. The first kappa shape index (κ1) is 13.9. The minimum atomic E-state index is -0.234. The summed E-state index contributed by atoms with van der Waals surface area (Å²) in [5.41, 5.74) is 0.501. The van der Waals surface area contributed by atoms with Gasteiger partial charge in [-0.3, -0.25) is 0 Å². The maximum absolute atomic E-state index is 11.1. The summed E-state index contributed by atoms with van der Waals surface area (Å²) in [6.07, 6.45) is 7.37. The van der Waals surface area contributed by atoms with Gasteiger partial charge in [0, 0.05) is 5.57 Å². The molecule has 1 aliphatic carbocycles. The monoisotopic (exact) mass is 209 g/mol. The van der Waals surface area contributed by atoms with Gasteiger partial charge in [-0.2, -0.15) is 0 Å². The molecule has 1 aliphatic rings. The molecule has 0 spiro atoms. The van der Waals surface area contributed by atoms with Crippen molar-refractivity contribution in [1.29, 1.82) is 0 Å². The van der Waals surface area contributed by atoms with Crippen LogP contribution in [0.4, 0.5) is 0 Å². The van der Waals surface area contributed by atoms with Crippen molar-refractivity contribution in [3.63, 3.8) is 0 Å². The van der Waals surface area contributed by atoms with Crippen molar-refractivity contribution in [1.82, 2.24) is 0 Å². The van der Waals surface area contributed by atoms with E-state index in [1.165, 1.54) is 25.3 Å². The first-order valence-electron chi connectivity index (χ1n) is 5.38. The van der Waals surface area contributed by atoms with Crippen LogP contribution in [-0.2, 0) is 9.53 Å². The van der Waals surface area contributed by atoms with Crippen LogP contribution in [0.3, 0.4) is 0 Å². The van der Waals surface area contributed by atoms with Crippen LogP contribution < -0.4 is 0 Å². The molecule has 1 rings (SSSR count). The third kappa shape index (κ3) is 6.95. The zero-order chi connectivity index (χ0) is 11.7. The van der Waals surface area contributed by atoms with Crippen LogP contribution in [0.5, 0.6) is 0 Å². The lowest BCUT2D eigenvalue weighted by Crippen LogP contribution is -2.20. The Morgan fingerprint density at radius 2 is 1.80 bits per heavy atom. The van der Waals surface area contributed by atoms with E-state index in [-0.39, 0.29) is 12.1 Å². The van der Waals surface area contributed by atoms with E-state index in [9.17, 15) is 4.79 Å². The molecule has 0 aromatic carbocycles. The predicted octanol–water partition coefficient (Wildman–Crippen LogP) is 3.44. The normalized spacial score (nSPS) is 15.9. The Balaban J connectivity index is 0.000000583. The maximum atomic E-state index is 11.1. The fourth-order valence-electron chi connectivity index (χ4n) is 1.43. The Morgan fingerprint density at radius 1 is 1.33 bits per heavy atom. The van der Waals surface area contributed by atoms with Gasteiger partial charge < -0.3 is 4.74 Å². The molecule has 0 heterocycles. The average molecular weight is 209 g/mol. The van der Waals surface area contributed by atoms with Crippen molar-refractivity contribution >= 4 is 5.97 Å². The van der Waals surface area contributed by atoms with E-state index in [0.29, 0.717) is 5.57 Å². The van der Waals surface area contributed by atoms with Gasteiger partial charge in [-0.05, 0) is 39.5 Å². The standard InChI is InChI=1S/C10H16O2.C3H5/c1-8(2)10(11)12-9-6-4-3-5-7-9;1-3-2/h9H,1,3-7H2,2H3;3H,1-2H2. The van der Waals surface area contributed by atoms with Crippen molar-refractivity contribution in [3.05, 3.63) is 31.7 Å². The number of allylic oxidation sites excluding steroid dienone is 1. The highest BCUT2D eigenvalue weighted by atomic mass is 16.5. The summed E-state index contributed by atoms with van der Waals surface area (Å²) in [7, 11) is 0. The van der Waals surface area contributed by atoms with Crippen molar-refractivity contribution < 1.29 is 9.53 Å². The van der Waals surface area contributed by atoms with Crippen LogP contribution in [0, 0.1) is 6.92 Å². The van der Waals surface area contributed by atoms with Crippen molar-refractivity contribution in [3.8, 4) is 0 Å². The van der Waals surface area contributed by atoms with Crippen LogP contribution in [0.1, 0.15) is 39.0 Å². The summed E-state index contributed by atoms with van der Waals surface area (Å²) < 4.78 is 5.21. The van der Waals surface area contributed by atoms with Gasteiger partial charge in [0.25, 0.3) is 0 Å². The summed E-state index contributed by atoms with van der Waals surface area (Å²) in [6, 6.07) is 0. The fraction of sp³-hybridized carbons (Fsp3) is 0.538. The van der Waals surface area contributed by atoms with Gasteiger partial charge in [-0.1, -0.05) is 19.1 Å². The van der Waals surface area contributed by atoms with Crippen LogP contribution in [-0.4, -0.2) is 12.1 Å². The van der Waals surface area contributed by atoms with E-state index in [2.05, 4.69) is 20.1 Å². The molecule has 85 valence electrons. The predicted molar refractivity (Wildman–Crippen MR) is 63.3 cm³/mol. The molecule has 0 N–H and O–H groups in total. The molecule has 0 aromatic heterocycles. The molecular formula is C13H21O2. The van der Waals surface area contributed by atoms with Crippen molar-refractivity contribution in [2.45, 2.75) is 45.1 Å². The second-order valence-corrected chi connectivity index (χ2v) is 3.73. The number of ether oxygens (including phenoxy) is 1. The quantitative estimate of drug-likeness (QED) is 0.514. The lowest BCUT2D eigenvalue weighted by Gasteiger charge is -2.21. The van der Waals surface area contributed by atoms with Gasteiger partial charge in [0.15, 0.2) is 0 Å². The number of carbonyl (C=O) groups excluding carboxylic acids is 1. The van der Waals surface area contributed by atoms with Crippen LogP contribution in [0.15, 0.2) is 24.8 Å². The molecular weight excluding hydrogens is 188 g/mol.